The van der Waals surface area contributed by atoms with Crippen molar-refractivity contribution in [2.45, 2.75) is 20.3 Å². The van der Waals surface area contributed by atoms with Gasteiger partial charge < -0.3 is 10.1 Å². The zero-order valence-electron chi connectivity index (χ0n) is 10.2. The van der Waals surface area contributed by atoms with E-state index in [1.807, 2.05) is 6.92 Å². The maximum Gasteiger partial charge on any atom is 0.338 e. The number of esters is 1. The van der Waals surface area contributed by atoms with Crippen LogP contribution in [0.2, 0.25) is 0 Å². The molecule has 0 aliphatic carbocycles. The van der Waals surface area contributed by atoms with Gasteiger partial charge in [0.1, 0.15) is 0 Å². The van der Waals surface area contributed by atoms with E-state index in [0.717, 1.165) is 6.42 Å². The van der Waals surface area contributed by atoms with Gasteiger partial charge in [-0.15, -0.1) is 0 Å². The number of amides is 1. The number of benzene rings is 1. The van der Waals surface area contributed by atoms with Gasteiger partial charge in [-0.05, 0) is 25.5 Å². The van der Waals surface area contributed by atoms with E-state index in [0.29, 0.717) is 24.3 Å². The molecule has 1 aromatic carbocycles. The lowest BCUT2D eigenvalue weighted by atomic mass is 10.1. The highest BCUT2D eigenvalue weighted by Gasteiger charge is 2.16. The average molecular weight is 235 g/mol. The van der Waals surface area contributed by atoms with Crippen LogP contribution in [0.15, 0.2) is 24.3 Å². The van der Waals surface area contributed by atoms with E-state index in [1.54, 1.807) is 31.2 Å². The Bertz CT molecular complexity index is 401. The van der Waals surface area contributed by atoms with E-state index >= 15 is 0 Å². The zero-order valence-corrected chi connectivity index (χ0v) is 10.2. The van der Waals surface area contributed by atoms with Crippen LogP contribution in [0.1, 0.15) is 41.0 Å². The Balaban J connectivity index is 2.91. The first-order valence-corrected chi connectivity index (χ1v) is 5.75. The molecular weight excluding hydrogens is 218 g/mol. The third-order valence-corrected chi connectivity index (χ3v) is 2.20. The average Bonchev–Trinajstić information content (AvgIpc) is 2.36. The van der Waals surface area contributed by atoms with Crippen LogP contribution in [-0.2, 0) is 4.74 Å². The highest BCUT2D eigenvalue weighted by molar-refractivity contribution is 6.05. The minimum absolute atomic E-state index is 0.240. The van der Waals surface area contributed by atoms with Crippen LogP contribution >= 0.6 is 0 Å². The van der Waals surface area contributed by atoms with Gasteiger partial charge in [-0.2, -0.15) is 0 Å². The predicted octanol–water partition coefficient (Wildman–Crippen LogP) is 2.00. The van der Waals surface area contributed by atoms with Gasteiger partial charge in [-0.25, -0.2) is 4.79 Å². The van der Waals surface area contributed by atoms with E-state index in [2.05, 4.69) is 5.32 Å². The summed E-state index contributed by atoms with van der Waals surface area (Å²) in [5.41, 5.74) is 0.669. The Labute approximate surface area is 101 Å². The smallest absolute Gasteiger partial charge is 0.338 e. The van der Waals surface area contributed by atoms with E-state index < -0.39 is 5.97 Å². The number of hydrogen-bond acceptors (Lipinski definition) is 3. The molecule has 0 atom stereocenters. The number of nitrogens with one attached hydrogen (secondary N) is 1. The first kappa shape index (κ1) is 13.2. The molecule has 0 radical (unpaired) electrons. The summed E-state index contributed by atoms with van der Waals surface area (Å²) in [7, 11) is 0. The number of carbonyl (C=O) groups is 2. The molecule has 4 nitrogen and oxygen atoms in total. The van der Waals surface area contributed by atoms with E-state index in [9.17, 15) is 9.59 Å². The Morgan fingerprint density at radius 3 is 2.41 bits per heavy atom. The Kier molecular flexibility index (Phi) is 5.20. The molecular formula is C13H17NO3. The molecule has 4 heteroatoms. The molecule has 0 heterocycles. The van der Waals surface area contributed by atoms with Gasteiger partial charge in [0.05, 0.1) is 17.7 Å². The Morgan fingerprint density at radius 1 is 1.18 bits per heavy atom. The van der Waals surface area contributed by atoms with Gasteiger partial charge in [0.15, 0.2) is 0 Å². The van der Waals surface area contributed by atoms with Gasteiger partial charge in [-0.1, -0.05) is 19.1 Å². The quantitative estimate of drug-likeness (QED) is 0.794. The molecule has 0 aromatic heterocycles. The molecule has 0 fully saturated rings. The molecule has 17 heavy (non-hydrogen) atoms. The van der Waals surface area contributed by atoms with Crippen molar-refractivity contribution in [2.24, 2.45) is 0 Å². The maximum absolute atomic E-state index is 11.8. The van der Waals surface area contributed by atoms with Gasteiger partial charge in [0.2, 0.25) is 0 Å². The summed E-state index contributed by atoms with van der Waals surface area (Å²) in [5, 5.41) is 2.74. The van der Waals surface area contributed by atoms with Gasteiger partial charge in [0, 0.05) is 6.54 Å². The summed E-state index contributed by atoms with van der Waals surface area (Å²) < 4.78 is 4.90. The van der Waals surface area contributed by atoms with Crippen LogP contribution in [0.4, 0.5) is 0 Å². The Hall–Kier alpha value is -1.84. The van der Waals surface area contributed by atoms with Gasteiger partial charge in [-0.3, -0.25) is 4.79 Å². The van der Waals surface area contributed by atoms with Gasteiger partial charge >= 0.3 is 5.97 Å². The summed E-state index contributed by atoms with van der Waals surface area (Å²) in [4.78, 5) is 23.5. The fourth-order valence-electron chi connectivity index (χ4n) is 1.40. The molecule has 0 unspecified atom stereocenters. The summed E-state index contributed by atoms with van der Waals surface area (Å²) in [6.07, 6.45) is 0.854. The number of ether oxygens (including phenoxy) is 1. The molecule has 0 spiro atoms. The molecule has 0 aliphatic rings. The molecule has 1 aromatic rings. The highest BCUT2D eigenvalue weighted by Crippen LogP contribution is 2.10. The number of hydrogen-bond donors (Lipinski definition) is 1. The van der Waals surface area contributed by atoms with Crippen molar-refractivity contribution in [2.75, 3.05) is 13.2 Å². The van der Waals surface area contributed by atoms with Crippen LogP contribution < -0.4 is 5.32 Å². The molecule has 1 N–H and O–H groups in total. The van der Waals surface area contributed by atoms with E-state index in [-0.39, 0.29) is 5.91 Å². The predicted molar refractivity (Wildman–Crippen MR) is 65.0 cm³/mol. The lowest BCUT2D eigenvalue weighted by molar-refractivity contribution is 0.0522. The topological polar surface area (TPSA) is 55.4 Å². The first-order chi connectivity index (χ1) is 8.20. The summed E-state index contributed by atoms with van der Waals surface area (Å²) in [6, 6.07) is 6.66. The second-order valence-electron chi connectivity index (χ2n) is 3.52. The first-order valence-electron chi connectivity index (χ1n) is 5.75. The monoisotopic (exact) mass is 235 g/mol. The highest BCUT2D eigenvalue weighted by atomic mass is 16.5. The van der Waals surface area contributed by atoms with Crippen LogP contribution in [0.5, 0.6) is 0 Å². The SMILES string of the molecule is CCCNC(=O)c1ccccc1C(=O)OCC. The summed E-state index contributed by atoms with van der Waals surface area (Å²) in [5.74, 6) is -0.703. The molecule has 0 saturated heterocycles. The lowest BCUT2D eigenvalue weighted by Crippen LogP contribution is -2.26. The summed E-state index contributed by atoms with van der Waals surface area (Å²) >= 11 is 0. The van der Waals surface area contributed by atoms with Gasteiger partial charge in [0.25, 0.3) is 5.91 Å². The number of rotatable bonds is 5. The van der Waals surface area contributed by atoms with Crippen molar-refractivity contribution < 1.29 is 14.3 Å². The maximum atomic E-state index is 11.8. The minimum atomic E-state index is -0.463. The van der Waals surface area contributed by atoms with E-state index in [4.69, 9.17) is 4.74 Å². The fraction of sp³-hybridized carbons (Fsp3) is 0.385. The molecule has 0 bridgehead atoms. The largest absolute Gasteiger partial charge is 0.462 e. The normalized spacial score (nSPS) is 9.76. The van der Waals surface area contributed by atoms with E-state index in [1.165, 1.54) is 0 Å². The second kappa shape index (κ2) is 6.68. The molecule has 1 amide bonds. The Morgan fingerprint density at radius 2 is 1.82 bits per heavy atom. The standard InChI is InChI=1S/C13H17NO3/c1-3-9-14-12(15)10-7-5-6-8-11(10)13(16)17-4-2/h5-8H,3-4,9H2,1-2H3,(H,14,15). The van der Waals surface area contributed by atoms with Crippen molar-refractivity contribution >= 4 is 11.9 Å². The van der Waals surface area contributed by atoms with Crippen molar-refractivity contribution in [3.05, 3.63) is 35.4 Å². The van der Waals surface area contributed by atoms with Crippen LogP contribution in [0, 0.1) is 0 Å². The molecule has 92 valence electrons. The molecule has 1 rings (SSSR count). The number of carbonyl (C=O) groups excluding carboxylic acids is 2. The zero-order chi connectivity index (χ0) is 12.7. The summed E-state index contributed by atoms with van der Waals surface area (Å²) in [6.45, 7) is 4.59. The molecule has 0 aliphatic heterocycles. The molecule has 0 saturated carbocycles. The van der Waals surface area contributed by atoms with Crippen LogP contribution in [-0.4, -0.2) is 25.0 Å². The van der Waals surface area contributed by atoms with Crippen molar-refractivity contribution in [1.82, 2.24) is 5.32 Å². The van der Waals surface area contributed by atoms with Crippen LogP contribution in [0.3, 0.4) is 0 Å². The lowest BCUT2D eigenvalue weighted by Gasteiger charge is -2.08. The fourth-order valence-corrected chi connectivity index (χ4v) is 1.40. The third-order valence-electron chi connectivity index (χ3n) is 2.20. The van der Waals surface area contributed by atoms with Crippen LogP contribution in [0.25, 0.3) is 0 Å². The van der Waals surface area contributed by atoms with Crippen molar-refractivity contribution in [3.8, 4) is 0 Å². The minimum Gasteiger partial charge on any atom is -0.462 e. The second-order valence-corrected chi connectivity index (χ2v) is 3.52. The van der Waals surface area contributed by atoms with Crippen molar-refractivity contribution in [1.29, 1.82) is 0 Å². The third kappa shape index (κ3) is 3.59. The van der Waals surface area contributed by atoms with Crippen molar-refractivity contribution in [3.63, 3.8) is 0 Å².